The van der Waals surface area contributed by atoms with Crippen molar-refractivity contribution in [1.82, 2.24) is 0 Å². The third kappa shape index (κ3) is 5.76. The minimum atomic E-state index is 0.869. The van der Waals surface area contributed by atoms with E-state index in [1.165, 1.54) is 0 Å². The molecule has 1 nitrogen and oxygen atoms in total. The van der Waals surface area contributed by atoms with Crippen molar-refractivity contribution in [2.45, 2.75) is 20.3 Å². The van der Waals surface area contributed by atoms with E-state index < -0.39 is 0 Å². The fourth-order valence-corrected chi connectivity index (χ4v) is 0.504. The topological polar surface area (TPSA) is 12.4 Å². The Morgan fingerprint density at radius 2 is 2.30 bits per heavy atom. The van der Waals surface area contributed by atoms with Gasteiger partial charge in [-0.25, -0.2) is 4.99 Å². The summed E-state index contributed by atoms with van der Waals surface area (Å²) in [6.07, 6.45) is 8.72. The van der Waals surface area contributed by atoms with Gasteiger partial charge in [-0.15, -0.1) is 0 Å². The molecular weight excluding hydrogens is 190 g/mol. The zero-order valence-corrected chi connectivity index (χ0v) is 7.93. The average Bonchev–Trinajstić information content (AvgIpc) is 1.98. The molecule has 0 aliphatic rings. The molecule has 0 fully saturated rings. The summed E-state index contributed by atoms with van der Waals surface area (Å²) in [6.45, 7) is 4.03. The Morgan fingerprint density at radius 1 is 1.60 bits per heavy atom. The van der Waals surface area contributed by atoms with Crippen molar-refractivity contribution in [2.24, 2.45) is 4.99 Å². The van der Waals surface area contributed by atoms with Gasteiger partial charge in [0.15, 0.2) is 0 Å². The van der Waals surface area contributed by atoms with Crippen LogP contribution in [0.3, 0.4) is 0 Å². The van der Waals surface area contributed by atoms with Crippen LogP contribution in [-0.4, -0.2) is 6.21 Å². The van der Waals surface area contributed by atoms with Crippen LogP contribution in [-0.2, 0) is 0 Å². The van der Waals surface area contributed by atoms with Crippen molar-refractivity contribution in [1.29, 1.82) is 0 Å². The first-order chi connectivity index (χ1) is 4.81. The van der Waals surface area contributed by atoms with Crippen LogP contribution in [0.15, 0.2) is 27.8 Å². The lowest BCUT2D eigenvalue weighted by Crippen LogP contribution is -1.65. The summed E-state index contributed by atoms with van der Waals surface area (Å²) in [4.78, 5) is 4.05. The van der Waals surface area contributed by atoms with Crippen LogP contribution in [0.2, 0.25) is 0 Å². The van der Waals surface area contributed by atoms with Gasteiger partial charge in [0.25, 0.3) is 0 Å². The maximum Gasteiger partial charge on any atom is 0.101 e. The Balaban J connectivity index is 3.66. The number of allylic oxidation sites excluding steroid dienone is 3. The van der Waals surface area contributed by atoms with Crippen molar-refractivity contribution in [3.63, 3.8) is 0 Å². The van der Waals surface area contributed by atoms with Crippen molar-refractivity contribution in [2.75, 3.05) is 0 Å². The number of aliphatic imine (C=N–C) groups is 1. The second-order valence-electron chi connectivity index (χ2n) is 1.73. The van der Waals surface area contributed by atoms with Gasteiger partial charge < -0.3 is 0 Å². The molecule has 0 atom stereocenters. The van der Waals surface area contributed by atoms with E-state index in [1.807, 2.05) is 19.1 Å². The fourth-order valence-electron chi connectivity index (χ4n) is 0.386. The Labute approximate surface area is 70.7 Å². The van der Waals surface area contributed by atoms with E-state index in [0.717, 1.165) is 11.0 Å². The smallest absolute Gasteiger partial charge is 0.101 e. The molecule has 56 valence electrons. The molecule has 10 heavy (non-hydrogen) atoms. The van der Waals surface area contributed by atoms with E-state index in [9.17, 15) is 0 Å². The van der Waals surface area contributed by atoms with Crippen LogP contribution >= 0.6 is 15.9 Å². The predicted molar refractivity (Wildman–Crippen MR) is 50.6 cm³/mol. The lowest BCUT2D eigenvalue weighted by atomic mass is 10.4. The highest BCUT2D eigenvalue weighted by atomic mass is 79.9. The minimum absolute atomic E-state index is 0.869. The molecule has 0 aromatic rings. The highest BCUT2D eigenvalue weighted by molar-refractivity contribution is 9.11. The highest BCUT2D eigenvalue weighted by Crippen LogP contribution is 2.03. The van der Waals surface area contributed by atoms with E-state index in [1.54, 1.807) is 6.21 Å². The van der Waals surface area contributed by atoms with Gasteiger partial charge in [-0.05, 0) is 35.4 Å². The zero-order chi connectivity index (χ0) is 7.82. The molecular formula is C8H12BrN. The summed E-state index contributed by atoms with van der Waals surface area (Å²) >= 11 is 3.26. The van der Waals surface area contributed by atoms with Gasteiger partial charge in [0.1, 0.15) is 4.61 Å². The molecule has 0 rings (SSSR count). The number of hydrogen-bond acceptors (Lipinski definition) is 1. The minimum Gasteiger partial charge on any atom is -0.250 e. The van der Waals surface area contributed by atoms with E-state index in [2.05, 4.69) is 33.9 Å². The summed E-state index contributed by atoms with van der Waals surface area (Å²) in [6, 6.07) is 0. The first-order valence-electron chi connectivity index (χ1n) is 3.32. The molecule has 2 heteroatoms. The maximum atomic E-state index is 4.05. The molecule has 0 aliphatic carbocycles. The van der Waals surface area contributed by atoms with Crippen molar-refractivity contribution >= 4 is 22.1 Å². The van der Waals surface area contributed by atoms with E-state index in [4.69, 9.17) is 0 Å². The van der Waals surface area contributed by atoms with Gasteiger partial charge in [-0.3, -0.25) is 0 Å². The lowest BCUT2D eigenvalue weighted by Gasteiger charge is -1.81. The Hall–Kier alpha value is -0.370. The third-order valence-corrected chi connectivity index (χ3v) is 1.56. The standard InChI is InChI=1S/C8H12BrN/c1-3-5-6-7-10-8(9)4-2/h4-7H,3H2,1-2H3/b6-5-,8-4-,10-7-. The highest BCUT2D eigenvalue weighted by Gasteiger charge is 1.75. The summed E-state index contributed by atoms with van der Waals surface area (Å²) in [5.74, 6) is 0. The van der Waals surface area contributed by atoms with Crippen LogP contribution in [0.1, 0.15) is 20.3 Å². The monoisotopic (exact) mass is 201 g/mol. The SMILES string of the molecule is C\C=C(Br)/N=C\C=C/CC. The molecule has 0 radical (unpaired) electrons. The first kappa shape index (κ1) is 9.63. The van der Waals surface area contributed by atoms with Gasteiger partial charge in [0.2, 0.25) is 0 Å². The van der Waals surface area contributed by atoms with Crippen LogP contribution < -0.4 is 0 Å². The van der Waals surface area contributed by atoms with Gasteiger partial charge in [0, 0.05) is 6.21 Å². The number of halogens is 1. The van der Waals surface area contributed by atoms with Gasteiger partial charge in [-0.1, -0.05) is 19.1 Å². The van der Waals surface area contributed by atoms with Crippen LogP contribution in [0.5, 0.6) is 0 Å². The molecule has 0 aromatic carbocycles. The Kier molecular flexibility index (Phi) is 6.50. The number of hydrogen-bond donors (Lipinski definition) is 0. The quantitative estimate of drug-likeness (QED) is 0.491. The molecule has 0 aromatic heterocycles. The van der Waals surface area contributed by atoms with Crippen LogP contribution in [0, 0.1) is 0 Å². The van der Waals surface area contributed by atoms with Gasteiger partial charge in [0.05, 0.1) is 0 Å². The lowest BCUT2D eigenvalue weighted by molar-refractivity contribution is 1.23. The van der Waals surface area contributed by atoms with Crippen molar-refractivity contribution in [3.8, 4) is 0 Å². The van der Waals surface area contributed by atoms with E-state index in [0.29, 0.717) is 0 Å². The molecule has 0 heterocycles. The normalized spacial score (nSPS) is 13.7. The van der Waals surface area contributed by atoms with Crippen molar-refractivity contribution < 1.29 is 0 Å². The summed E-state index contributed by atoms with van der Waals surface area (Å²) in [7, 11) is 0. The Bertz CT molecular complexity index is 157. The van der Waals surface area contributed by atoms with Gasteiger partial charge in [-0.2, -0.15) is 0 Å². The molecule has 0 saturated carbocycles. The predicted octanol–water partition coefficient (Wildman–Crippen LogP) is 3.28. The van der Waals surface area contributed by atoms with Crippen molar-refractivity contribution in [3.05, 3.63) is 22.8 Å². The van der Waals surface area contributed by atoms with Crippen LogP contribution in [0.4, 0.5) is 0 Å². The van der Waals surface area contributed by atoms with E-state index in [-0.39, 0.29) is 0 Å². The summed E-state index contributed by atoms with van der Waals surface area (Å²) in [5.41, 5.74) is 0. The number of rotatable bonds is 3. The van der Waals surface area contributed by atoms with E-state index >= 15 is 0 Å². The second-order valence-corrected chi connectivity index (χ2v) is 2.54. The molecule has 0 saturated heterocycles. The fraction of sp³-hybridized carbons (Fsp3) is 0.375. The third-order valence-electron chi connectivity index (χ3n) is 0.894. The largest absolute Gasteiger partial charge is 0.250 e. The molecule has 0 amide bonds. The van der Waals surface area contributed by atoms with Crippen LogP contribution in [0.25, 0.3) is 0 Å². The molecule has 0 unspecified atom stereocenters. The maximum absolute atomic E-state index is 4.05. The molecule has 0 N–H and O–H groups in total. The Morgan fingerprint density at radius 3 is 2.80 bits per heavy atom. The summed E-state index contributed by atoms with van der Waals surface area (Å²) in [5, 5.41) is 0. The van der Waals surface area contributed by atoms with Gasteiger partial charge >= 0.3 is 0 Å². The molecule has 0 aliphatic heterocycles. The molecule has 0 bridgehead atoms. The summed E-state index contributed by atoms with van der Waals surface area (Å²) < 4.78 is 0.869. The molecule has 0 spiro atoms. The number of nitrogens with zero attached hydrogens (tertiary/aromatic N) is 1. The zero-order valence-electron chi connectivity index (χ0n) is 6.34. The second kappa shape index (κ2) is 6.75. The first-order valence-corrected chi connectivity index (χ1v) is 4.11. The average molecular weight is 202 g/mol.